The van der Waals surface area contributed by atoms with Gasteiger partial charge < -0.3 is 9.97 Å². The Morgan fingerprint density at radius 2 is 0.976 bits per heavy atom. The summed E-state index contributed by atoms with van der Waals surface area (Å²) in [5.41, 5.74) is 20.3. The molecule has 0 spiro atoms. The molecule has 0 saturated heterocycles. The molecular formula is C36H46CuN4. The van der Waals surface area contributed by atoms with Gasteiger partial charge in [-0.25, -0.2) is 9.97 Å². The van der Waals surface area contributed by atoms with Crippen molar-refractivity contribution < 1.29 is 17.1 Å². The molecule has 0 aromatic carbocycles. The van der Waals surface area contributed by atoms with Crippen LogP contribution in [0.2, 0.25) is 0 Å². The fourth-order valence-electron chi connectivity index (χ4n) is 7.07. The van der Waals surface area contributed by atoms with Crippen molar-refractivity contribution in [1.29, 1.82) is 0 Å². The second-order valence-electron chi connectivity index (χ2n) is 10.9. The maximum Gasteiger partial charge on any atom is 0.0726 e. The average molecular weight is 598 g/mol. The minimum atomic E-state index is 0. The monoisotopic (exact) mass is 597 g/mol. The van der Waals surface area contributed by atoms with Gasteiger partial charge in [0.25, 0.3) is 0 Å². The average Bonchev–Trinajstić information content (AvgIpc) is 3.73. The number of aryl methyl sites for hydroxylation is 3. The second kappa shape index (κ2) is 13.0. The molecule has 3 aromatic rings. The van der Waals surface area contributed by atoms with Gasteiger partial charge in [-0.2, -0.15) is 0 Å². The van der Waals surface area contributed by atoms with Crippen LogP contribution in [0.1, 0.15) is 126 Å². The van der Waals surface area contributed by atoms with Crippen molar-refractivity contribution in [2.24, 2.45) is 0 Å². The Kier molecular flexibility index (Phi) is 9.82. The molecular weight excluding hydrogens is 552 g/mol. The predicted octanol–water partition coefficient (Wildman–Crippen LogP) is 10.0. The first kappa shape index (κ1) is 31.1. The molecule has 2 N–H and O–H groups in total. The van der Waals surface area contributed by atoms with E-state index in [4.69, 9.17) is 9.97 Å². The van der Waals surface area contributed by atoms with Gasteiger partial charge in [0.15, 0.2) is 0 Å². The Bertz CT molecular complexity index is 1680. The number of nitrogens with one attached hydrogen (secondary N) is 2. The molecule has 1 radical (unpaired) electrons. The van der Waals surface area contributed by atoms with E-state index in [1.54, 1.807) is 0 Å². The molecule has 4 nitrogen and oxygen atoms in total. The molecule has 2 aliphatic rings. The van der Waals surface area contributed by atoms with E-state index >= 15 is 0 Å². The van der Waals surface area contributed by atoms with Gasteiger partial charge in [-0.15, -0.1) is 0 Å². The van der Waals surface area contributed by atoms with Crippen LogP contribution < -0.4 is 0 Å². The van der Waals surface area contributed by atoms with E-state index in [2.05, 4.69) is 89.6 Å². The maximum atomic E-state index is 5.57. The first-order valence-corrected chi connectivity index (χ1v) is 15.7. The van der Waals surface area contributed by atoms with E-state index < -0.39 is 0 Å². The van der Waals surface area contributed by atoms with Crippen molar-refractivity contribution in [3.8, 4) is 0 Å². The Labute approximate surface area is 256 Å². The molecule has 0 amide bonds. The Morgan fingerprint density at radius 1 is 0.488 bits per heavy atom. The molecule has 0 aliphatic carbocycles. The van der Waals surface area contributed by atoms with Crippen molar-refractivity contribution in [2.75, 3.05) is 0 Å². The van der Waals surface area contributed by atoms with Crippen LogP contribution in [0.15, 0.2) is 24.3 Å². The van der Waals surface area contributed by atoms with E-state index in [0.29, 0.717) is 0 Å². The third-order valence-corrected chi connectivity index (χ3v) is 8.91. The topological polar surface area (TPSA) is 57.4 Å². The van der Waals surface area contributed by atoms with Crippen molar-refractivity contribution in [3.05, 3.63) is 69.3 Å². The van der Waals surface area contributed by atoms with E-state index in [1.165, 1.54) is 67.0 Å². The smallest absolute Gasteiger partial charge is 0.0726 e. The fraction of sp³-hybridized carbons (Fsp3) is 0.444. The number of rotatable bonds is 8. The molecule has 221 valence electrons. The molecule has 0 fully saturated rings. The summed E-state index contributed by atoms with van der Waals surface area (Å²) < 4.78 is 0. The van der Waals surface area contributed by atoms with Crippen molar-refractivity contribution in [3.63, 3.8) is 0 Å². The summed E-state index contributed by atoms with van der Waals surface area (Å²) in [6.45, 7) is 18.2. The number of aromatic nitrogens is 4. The van der Waals surface area contributed by atoms with Crippen LogP contribution in [0.4, 0.5) is 0 Å². The van der Waals surface area contributed by atoms with Gasteiger partial charge in [0, 0.05) is 50.3 Å². The number of hydrogen-bond acceptors (Lipinski definition) is 2. The largest absolute Gasteiger partial charge is 0.355 e. The summed E-state index contributed by atoms with van der Waals surface area (Å²) in [7, 11) is 0. The third kappa shape index (κ3) is 5.17. The minimum absolute atomic E-state index is 0. The molecule has 0 unspecified atom stereocenters. The summed E-state index contributed by atoms with van der Waals surface area (Å²) in [6.07, 6.45) is 7.74. The Balaban J connectivity index is 0.00000387. The number of H-pyrrole nitrogens is 2. The van der Waals surface area contributed by atoms with Gasteiger partial charge in [-0.3, -0.25) is 0 Å². The first-order chi connectivity index (χ1) is 19.5. The summed E-state index contributed by atoms with van der Waals surface area (Å²) in [5, 5.41) is 0. The van der Waals surface area contributed by atoms with Gasteiger partial charge in [-0.1, -0.05) is 55.4 Å². The summed E-state index contributed by atoms with van der Waals surface area (Å²) >= 11 is 0. The number of nitrogens with zero attached hydrogens (tertiary/aromatic N) is 2. The molecule has 0 saturated carbocycles. The SMILES string of the molecule is CCC1=C(CC)c2nc1cc1ccc(cc3[nH]c(c(CC)c4nc(c2CC)C(CC)=C4CC)c(CC)c3CC)[nH]1.[Cu]. The summed E-state index contributed by atoms with van der Waals surface area (Å²) in [4.78, 5) is 18.5. The van der Waals surface area contributed by atoms with Gasteiger partial charge in [0.05, 0.1) is 22.8 Å². The number of allylic oxidation sites excluding steroid dienone is 4. The quantitative estimate of drug-likeness (QED) is 0.254. The molecule has 3 aromatic heterocycles. The standard InChI is InChI=1S/C36H46N4.Cu/c1-9-23-25(11-3)33-29(15-7)35-27(13-5)28(14-6)36(40-35)30(16-8)34-26(12-4)24(10-2)32(39-34)20-22-18-17-21(37-22)19-31(23)38-33;/h17-20,37-38H,9-16H2,1-8H3;. The number of aromatic amines is 2. The molecule has 8 bridgehead atoms. The van der Waals surface area contributed by atoms with Crippen LogP contribution in [0.25, 0.3) is 44.4 Å². The minimum Gasteiger partial charge on any atom is -0.355 e. The first-order valence-electron chi connectivity index (χ1n) is 15.7. The van der Waals surface area contributed by atoms with Gasteiger partial charge in [0.1, 0.15) is 0 Å². The number of fused-ring (bicyclic) bond motifs is 8. The molecule has 2 aliphatic heterocycles. The molecule has 5 heteroatoms. The Hall–Kier alpha value is -2.88. The van der Waals surface area contributed by atoms with Crippen molar-refractivity contribution in [1.82, 2.24) is 19.9 Å². The molecule has 0 atom stereocenters. The molecule has 5 heterocycles. The van der Waals surface area contributed by atoms with Crippen LogP contribution in [0.5, 0.6) is 0 Å². The van der Waals surface area contributed by atoms with Crippen molar-refractivity contribution in [2.45, 2.75) is 107 Å². The van der Waals surface area contributed by atoms with Crippen molar-refractivity contribution >= 4 is 44.4 Å². The maximum absolute atomic E-state index is 5.57. The van der Waals surface area contributed by atoms with Gasteiger partial charge in [0.2, 0.25) is 0 Å². The van der Waals surface area contributed by atoms with E-state index in [1.807, 2.05) is 0 Å². The zero-order valence-corrected chi connectivity index (χ0v) is 27.1. The molecule has 41 heavy (non-hydrogen) atoms. The van der Waals surface area contributed by atoms with Gasteiger partial charge in [-0.05, 0) is 109 Å². The van der Waals surface area contributed by atoms with Crippen LogP contribution in [0, 0.1) is 0 Å². The zero-order valence-electron chi connectivity index (χ0n) is 26.2. The van der Waals surface area contributed by atoms with Gasteiger partial charge >= 0.3 is 0 Å². The van der Waals surface area contributed by atoms with E-state index in [9.17, 15) is 0 Å². The van der Waals surface area contributed by atoms with E-state index in [-0.39, 0.29) is 17.1 Å². The van der Waals surface area contributed by atoms with Crippen LogP contribution in [0.3, 0.4) is 0 Å². The van der Waals surface area contributed by atoms with E-state index in [0.717, 1.165) is 73.8 Å². The molecule has 5 rings (SSSR count). The summed E-state index contributed by atoms with van der Waals surface area (Å²) in [5.74, 6) is 0. The number of hydrogen-bond donors (Lipinski definition) is 2. The zero-order chi connectivity index (χ0) is 28.6. The normalized spacial score (nSPS) is 13.3. The fourth-order valence-corrected chi connectivity index (χ4v) is 7.07. The van der Waals surface area contributed by atoms with Crippen LogP contribution >= 0.6 is 0 Å². The van der Waals surface area contributed by atoms with Crippen LogP contribution in [-0.4, -0.2) is 19.9 Å². The predicted molar refractivity (Wildman–Crippen MR) is 173 cm³/mol. The van der Waals surface area contributed by atoms with Crippen LogP contribution in [-0.2, 0) is 42.8 Å². The summed E-state index contributed by atoms with van der Waals surface area (Å²) in [6, 6.07) is 8.89. The Morgan fingerprint density at radius 3 is 1.51 bits per heavy atom. The third-order valence-electron chi connectivity index (χ3n) is 8.91. The second-order valence-corrected chi connectivity index (χ2v) is 10.9.